The average Bonchev–Trinajstić information content (AvgIpc) is 2.68. The number of phenolic OH excluding ortho intramolecular Hbond substituents is 1. The molecule has 0 radical (unpaired) electrons. The Morgan fingerprint density at radius 1 is 1.15 bits per heavy atom. The topological polar surface area (TPSA) is 86.9 Å². The quantitative estimate of drug-likeness (QED) is 0.643. The maximum atomic E-state index is 12.5. The van der Waals surface area contributed by atoms with E-state index in [1.54, 1.807) is 7.05 Å². The summed E-state index contributed by atoms with van der Waals surface area (Å²) >= 11 is 0. The van der Waals surface area contributed by atoms with E-state index in [0.29, 0.717) is 6.54 Å². The molecular weight excluding hydrogens is 346 g/mol. The molecule has 0 unspecified atom stereocenters. The van der Waals surface area contributed by atoms with Gasteiger partial charge in [-0.15, -0.1) is 0 Å². The maximum absolute atomic E-state index is 12.5. The second-order valence-corrected chi connectivity index (χ2v) is 6.84. The Bertz CT molecular complexity index is 830. The van der Waals surface area contributed by atoms with Crippen LogP contribution in [-0.2, 0) is 6.54 Å². The van der Waals surface area contributed by atoms with Crippen LogP contribution in [0, 0.1) is 10.1 Å². The lowest BCUT2D eigenvalue weighted by Gasteiger charge is -2.29. The number of nitro groups is 1. The minimum Gasteiger partial charge on any atom is -0.502 e. The minimum absolute atomic E-state index is 0.213. The monoisotopic (exact) mass is 369 g/mol. The number of nitro benzene ring substituents is 1. The molecule has 7 heteroatoms. The van der Waals surface area contributed by atoms with Crippen LogP contribution in [0.4, 0.5) is 11.4 Å². The number of carbonyl (C=O) groups is 1. The van der Waals surface area contributed by atoms with Crippen LogP contribution in [0.1, 0.15) is 35.2 Å². The zero-order valence-electron chi connectivity index (χ0n) is 15.3. The third-order valence-electron chi connectivity index (χ3n) is 4.84. The number of aromatic hydroxyl groups is 1. The second-order valence-electron chi connectivity index (χ2n) is 6.84. The van der Waals surface area contributed by atoms with E-state index in [1.807, 2.05) is 12.1 Å². The van der Waals surface area contributed by atoms with E-state index in [0.717, 1.165) is 30.8 Å². The molecule has 1 aliphatic heterocycles. The fraction of sp³-hybridized carbons (Fsp3) is 0.350. The first kappa shape index (κ1) is 18.7. The summed E-state index contributed by atoms with van der Waals surface area (Å²) < 4.78 is 0. The molecule has 27 heavy (non-hydrogen) atoms. The summed E-state index contributed by atoms with van der Waals surface area (Å²) in [6, 6.07) is 11.8. The molecule has 0 atom stereocenters. The van der Waals surface area contributed by atoms with Gasteiger partial charge in [-0.1, -0.05) is 12.1 Å². The summed E-state index contributed by atoms with van der Waals surface area (Å²) in [6.07, 6.45) is 3.74. The van der Waals surface area contributed by atoms with E-state index in [2.05, 4.69) is 17.0 Å². The molecule has 1 aliphatic rings. The zero-order chi connectivity index (χ0) is 19.4. The zero-order valence-corrected chi connectivity index (χ0v) is 15.3. The number of piperidine rings is 1. The van der Waals surface area contributed by atoms with Crippen molar-refractivity contribution in [3.63, 3.8) is 0 Å². The molecule has 3 rings (SSSR count). The van der Waals surface area contributed by atoms with Gasteiger partial charge in [0.05, 0.1) is 4.92 Å². The van der Waals surface area contributed by atoms with Crippen LogP contribution in [0.5, 0.6) is 5.75 Å². The Morgan fingerprint density at radius 3 is 2.41 bits per heavy atom. The Morgan fingerprint density at radius 2 is 1.81 bits per heavy atom. The normalized spacial score (nSPS) is 14.0. The van der Waals surface area contributed by atoms with Crippen molar-refractivity contribution in [2.75, 3.05) is 25.0 Å². The first-order chi connectivity index (χ1) is 13.0. The molecule has 1 N–H and O–H groups in total. The minimum atomic E-state index is -0.683. The standard InChI is InChI=1S/C20H23N3O4/c1-21(20(25)16-7-10-18(23(26)27)19(24)13-16)14-15-5-8-17(9-6-15)22-11-3-2-4-12-22/h5-10,13,24H,2-4,11-12,14H2,1H3. The molecule has 2 aromatic rings. The molecule has 7 nitrogen and oxygen atoms in total. The van der Waals surface area contributed by atoms with Gasteiger partial charge in [0.1, 0.15) is 0 Å². The van der Waals surface area contributed by atoms with Crippen LogP contribution in [0.3, 0.4) is 0 Å². The van der Waals surface area contributed by atoms with Crippen molar-refractivity contribution < 1.29 is 14.8 Å². The summed E-state index contributed by atoms with van der Waals surface area (Å²) in [4.78, 5) is 26.5. The molecule has 1 fully saturated rings. The number of rotatable bonds is 5. The van der Waals surface area contributed by atoms with Gasteiger partial charge in [0.2, 0.25) is 0 Å². The van der Waals surface area contributed by atoms with Crippen molar-refractivity contribution >= 4 is 17.3 Å². The summed E-state index contributed by atoms with van der Waals surface area (Å²) in [6.45, 7) is 2.58. The van der Waals surface area contributed by atoms with Gasteiger partial charge in [-0.25, -0.2) is 0 Å². The Kier molecular flexibility index (Phi) is 5.59. The first-order valence-corrected chi connectivity index (χ1v) is 9.02. The fourth-order valence-corrected chi connectivity index (χ4v) is 3.34. The van der Waals surface area contributed by atoms with Gasteiger partial charge in [-0.05, 0) is 49.1 Å². The Hall–Kier alpha value is -3.09. The third-order valence-corrected chi connectivity index (χ3v) is 4.84. The molecule has 1 heterocycles. The first-order valence-electron chi connectivity index (χ1n) is 9.02. The van der Waals surface area contributed by atoms with Crippen LogP contribution in [-0.4, -0.2) is 41.0 Å². The smallest absolute Gasteiger partial charge is 0.310 e. The summed E-state index contributed by atoms with van der Waals surface area (Å²) in [5.74, 6) is -0.814. The van der Waals surface area contributed by atoms with Crippen molar-refractivity contribution in [2.24, 2.45) is 0 Å². The van der Waals surface area contributed by atoms with Crippen molar-refractivity contribution in [2.45, 2.75) is 25.8 Å². The predicted octanol–water partition coefficient (Wildman–Crippen LogP) is 3.56. The second kappa shape index (κ2) is 8.07. The lowest BCUT2D eigenvalue weighted by Crippen LogP contribution is -2.29. The molecular formula is C20H23N3O4. The van der Waals surface area contributed by atoms with Crippen LogP contribution in [0.2, 0.25) is 0 Å². The molecule has 0 aromatic heterocycles. The molecule has 1 saturated heterocycles. The van der Waals surface area contributed by atoms with E-state index in [4.69, 9.17) is 0 Å². The van der Waals surface area contributed by atoms with Crippen LogP contribution in [0.15, 0.2) is 42.5 Å². The largest absolute Gasteiger partial charge is 0.502 e. The third kappa shape index (κ3) is 4.36. The number of carbonyl (C=O) groups excluding carboxylic acids is 1. The van der Waals surface area contributed by atoms with E-state index in [9.17, 15) is 20.0 Å². The fourth-order valence-electron chi connectivity index (χ4n) is 3.34. The van der Waals surface area contributed by atoms with Crippen LogP contribution < -0.4 is 4.90 Å². The van der Waals surface area contributed by atoms with Crippen LogP contribution >= 0.6 is 0 Å². The molecule has 1 amide bonds. The molecule has 0 bridgehead atoms. The number of nitrogens with zero attached hydrogens (tertiary/aromatic N) is 3. The van der Waals surface area contributed by atoms with Gasteiger partial charge in [0, 0.05) is 44.0 Å². The number of anilines is 1. The number of amides is 1. The highest BCUT2D eigenvalue weighted by Gasteiger charge is 2.18. The van der Waals surface area contributed by atoms with E-state index >= 15 is 0 Å². The van der Waals surface area contributed by atoms with Gasteiger partial charge in [-0.2, -0.15) is 0 Å². The van der Waals surface area contributed by atoms with Crippen LogP contribution in [0.25, 0.3) is 0 Å². The van der Waals surface area contributed by atoms with E-state index < -0.39 is 16.4 Å². The highest BCUT2D eigenvalue weighted by molar-refractivity contribution is 5.94. The SMILES string of the molecule is CN(Cc1ccc(N2CCCCC2)cc1)C(=O)c1ccc([N+](=O)[O-])c(O)c1. The Balaban J connectivity index is 1.65. The predicted molar refractivity (Wildman–Crippen MR) is 103 cm³/mol. The van der Waals surface area contributed by atoms with Gasteiger partial charge in [-0.3, -0.25) is 14.9 Å². The summed E-state index contributed by atoms with van der Waals surface area (Å²) in [5, 5.41) is 20.5. The maximum Gasteiger partial charge on any atom is 0.310 e. The molecule has 142 valence electrons. The van der Waals surface area contributed by atoms with Gasteiger partial charge < -0.3 is 14.9 Å². The van der Waals surface area contributed by atoms with E-state index in [-0.39, 0.29) is 11.5 Å². The molecule has 0 saturated carbocycles. The van der Waals surface area contributed by atoms with Crippen molar-refractivity contribution in [3.05, 3.63) is 63.7 Å². The Labute approximate surface area is 158 Å². The number of hydrogen-bond donors (Lipinski definition) is 1. The van der Waals surface area contributed by atoms with Crippen molar-refractivity contribution in [1.29, 1.82) is 0 Å². The lowest BCUT2D eigenvalue weighted by atomic mass is 10.1. The molecule has 0 spiro atoms. The lowest BCUT2D eigenvalue weighted by molar-refractivity contribution is -0.385. The van der Waals surface area contributed by atoms with Gasteiger partial charge in [0.25, 0.3) is 5.91 Å². The van der Waals surface area contributed by atoms with Crippen molar-refractivity contribution in [3.8, 4) is 5.75 Å². The summed E-state index contributed by atoms with van der Waals surface area (Å²) in [5.41, 5.74) is 2.00. The molecule has 2 aromatic carbocycles. The highest BCUT2D eigenvalue weighted by atomic mass is 16.6. The van der Waals surface area contributed by atoms with E-state index in [1.165, 1.54) is 35.9 Å². The highest BCUT2D eigenvalue weighted by Crippen LogP contribution is 2.27. The number of benzene rings is 2. The molecule has 0 aliphatic carbocycles. The average molecular weight is 369 g/mol. The van der Waals surface area contributed by atoms with Gasteiger partial charge >= 0.3 is 5.69 Å². The van der Waals surface area contributed by atoms with Crippen molar-refractivity contribution in [1.82, 2.24) is 4.90 Å². The number of phenols is 1. The summed E-state index contributed by atoms with van der Waals surface area (Å²) in [7, 11) is 1.67. The number of hydrogen-bond acceptors (Lipinski definition) is 5. The van der Waals surface area contributed by atoms with Gasteiger partial charge in [0.15, 0.2) is 5.75 Å².